The molecule has 2 saturated heterocycles. The van der Waals surface area contributed by atoms with E-state index in [2.05, 4.69) is 29.6 Å². The van der Waals surface area contributed by atoms with Gasteiger partial charge in [0.15, 0.2) is 0 Å². The van der Waals surface area contributed by atoms with Crippen LogP contribution in [-0.4, -0.2) is 24.4 Å². The highest BCUT2D eigenvalue weighted by Gasteiger charge is 2.78. The third-order valence-electron chi connectivity index (χ3n) is 6.96. The predicted molar refractivity (Wildman–Crippen MR) is 77.4 cm³/mol. The number of fused-ring (bicyclic) bond motifs is 2. The van der Waals surface area contributed by atoms with Gasteiger partial charge in [-0.1, -0.05) is 30.3 Å². The molecule has 1 aromatic carbocycles. The molecule has 1 aromatic rings. The first-order valence-electron chi connectivity index (χ1n) is 8.46. The van der Waals surface area contributed by atoms with Gasteiger partial charge in [0.2, 0.25) is 0 Å². The lowest BCUT2D eigenvalue weighted by molar-refractivity contribution is -0.316. The van der Waals surface area contributed by atoms with Crippen molar-refractivity contribution in [1.82, 2.24) is 5.32 Å². The summed E-state index contributed by atoms with van der Waals surface area (Å²) in [6.45, 7) is 0.798. The van der Waals surface area contributed by atoms with Gasteiger partial charge >= 0.3 is 5.97 Å². The van der Waals surface area contributed by atoms with E-state index in [1.165, 1.54) is 12.0 Å². The molecule has 1 unspecified atom stereocenters. The van der Waals surface area contributed by atoms with E-state index in [-0.39, 0.29) is 30.3 Å². The molecule has 0 spiro atoms. The second-order valence-corrected chi connectivity index (χ2v) is 7.61. The first-order valence-corrected chi connectivity index (χ1v) is 8.46. The standard InChI is InChI=1S/C18H19NO3/c20-18-14-10-6-9-11-12(10)16(22-18)15(11)21-17(13(9)14)19-7-8-4-2-1-3-5-8/h1-5,9-17,19H,6-7H2/t9-,10+,11-,12+,13+,14-,15-,16-,17?/m1/s1. The topological polar surface area (TPSA) is 47.6 Å². The van der Waals surface area contributed by atoms with Gasteiger partial charge in [-0.3, -0.25) is 10.1 Å². The van der Waals surface area contributed by atoms with Crippen molar-refractivity contribution in [2.24, 2.45) is 35.5 Å². The van der Waals surface area contributed by atoms with Crippen LogP contribution < -0.4 is 5.32 Å². The van der Waals surface area contributed by atoms with Crippen LogP contribution in [0.25, 0.3) is 0 Å². The molecule has 2 bridgehead atoms. The number of nitrogens with one attached hydrogen (secondary N) is 1. The Kier molecular flexibility index (Phi) is 2.15. The predicted octanol–water partition coefficient (Wildman–Crippen LogP) is 1.55. The van der Waals surface area contributed by atoms with Crippen LogP contribution in [0, 0.1) is 35.5 Å². The van der Waals surface area contributed by atoms with Crippen LogP contribution >= 0.6 is 0 Å². The minimum absolute atomic E-state index is 0.0121. The molecule has 1 N–H and O–H groups in total. The Bertz CT molecular complexity index is 647. The maximum absolute atomic E-state index is 12.4. The lowest BCUT2D eigenvalue weighted by Gasteiger charge is -2.64. The van der Waals surface area contributed by atoms with Gasteiger partial charge in [0.25, 0.3) is 0 Å². The van der Waals surface area contributed by atoms with Gasteiger partial charge in [0.05, 0.1) is 5.92 Å². The molecule has 9 atom stereocenters. The number of carbonyl (C=O) groups excluding carboxylic acids is 1. The summed E-state index contributed by atoms with van der Waals surface area (Å²) in [5.74, 6) is 2.99. The largest absolute Gasteiger partial charge is 0.459 e. The minimum atomic E-state index is 0.0121. The van der Waals surface area contributed by atoms with Crippen LogP contribution in [0.15, 0.2) is 30.3 Å². The highest BCUT2D eigenvalue weighted by Crippen LogP contribution is 2.72. The summed E-state index contributed by atoms with van der Waals surface area (Å²) in [6.07, 6.45) is 1.43. The summed E-state index contributed by atoms with van der Waals surface area (Å²) in [5, 5.41) is 3.58. The van der Waals surface area contributed by atoms with Crippen molar-refractivity contribution in [1.29, 1.82) is 0 Å². The van der Waals surface area contributed by atoms with Gasteiger partial charge in [-0.2, -0.15) is 0 Å². The van der Waals surface area contributed by atoms with Crippen LogP contribution in [0.2, 0.25) is 0 Å². The first-order chi connectivity index (χ1) is 10.8. The van der Waals surface area contributed by atoms with E-state index in [9.17, 15) is 4.79 Å². The van der Waals surface area contributed by atoms with Crippen LogP contribution in [-0.2, 0) is 20.8 Å². The molecular weight excluding hydrogens is 278 g/mol. The second-order valence-electron chi connectivity index (χ2n) is 7.61. The number of rotatable bonds is 3. The molecule has 5 aliphatic rings. The Morgan fingerprint density at radius 2 is 1.86 bits per heavy atom. The monoisotopic (exact) mass is 297 g/mol. The Hall–Kier alpha value is -1.39. The van der Waals surface area contributed by atoms with E-state index in [4.69, 9.17) is 9.47 Å². The molecule has 4 nitrogen and oxygen atoms in total. The molecule has 114 valence electrons. The molecule has 3 saturated carbocycles. The third kappa shape index (κ3) is 1.26. The molecular formula is C18H19NO3. The number of benzene rings is 1. The van der Waals surface area contributed by atoms with Gasteiger partial charge in [-0.15, -0.1) is 0 Å². The maximum atomic E-state index is 12.4. The van der Waals surface area contributed by atoms with Crippen molar-refractivity contribution in [2.75, 3.05) is 0 Å². The quantitative estimate of drug-likeness (QED) is 0.860. The van der Waals surface area contributed by atoms with Gasteiger partial charge in [-0.25, -0.2) is 0 Å². The number of ether oxygens (including phenoxy) is 2. The van der Waals surface area contributed by atoms with E-state index in [0.29, 0.717) is 29.6 Å². The van der Waals surface area contributed by atoms with Crippen molar-refractivity contribution >= 4 is 5.97 Å². The first kappa shape index (κ1) is 12.1. The summed E-state index contributed by atoms with van der Waals surface area (Å²) >= 11 is 0. The second kappa shape index (κ2) is 3.92. The minimum Gasteiger partial charge on any atom is -0.459 e. The van der Waals surface area contributed by atoms with Gasteiger partial charge in [0.1, 0.15) is 18.4 Å². The Balaban J connectivity index is 1.30. The van der Waals surface area contributed by atoms with Crippen molar-refractivity contribution in [3.63, 3.8) is 0 Å². The van der Waals surface area contributed by atoms with E-state index >= 15 is 0 Å². The molecule has 0 radical (unpaired) electrons. The van der Waals surface area contributed by atoms with Gasteiger partial charge in [-0.05, 0) is 29.7 Å². The lowest BCUT2D eigenvalue weighted by atomic mass is 9.52. The average Bonchev–Trinajstić information content (AvgIpc) is 3.08. The lowest BCUT2D eigenvalue weighted by Crippen LogP contribution is -2.74. The van der Waals surface area contributed by atoms with Crippen LogP contribution in [0.3, 0.4) is 0 Å². The van der Waals surface area contributed by atoms with Crippen molar-refractivity contribution in [2.45, 2.75) is 31.4 Å². The third-order valence-corrected chi connectivity index (χ3v) is 6.96. The molecule has 5 fully saturated rings. The molecule has 22 heavy (non-hydrogen) atoms. The molecule has 0 amide bonds. The summed E-state index contributed by atoms with van der Waals surface area (Å²) < 4.78 is 12.0. The van der Waals surface area contributed by atoms with Crippen molar-refractivity contribution < 1.29 is 14.3 Å². The SMILES string of the molecule is O=C1O[C@H]2[C@@H]3OC(NCc4ccccc4)[C@H]4[C@@H]5C[C@H]([C@@H]14)[C@H]2[C@@H]53. The number of carbonyl (C=O) groups is 1. The normalized spacial score (nSPS) is 52.5. The highest BCUT2D eigenvalue weighted by molar-refractivity contribution is 5.76. The summed E-state index contributed by atoms with van der Waals surface area (Å²) in [7, 11) is 0. The number of hydrogen-bond acceptors (Lipinski definition) is 4. The fourth-order valence-electron chi connectivity index (χ4n) is 6.30. The zero-order valence-corrected chi connectivity index (χ0v) is 12.2. The molecule has 0 aromatic heterocycles. The highest BCUT2D eigenvalue weighted by atomic mass is 16.6. The molecule has 6 rings (SSSR count). The molecule has 2 heterocycles. The van der Waals surface area contributed by atoms with Gasteiger partial charge < -0.3 is 9.47 Å². The number of hydrogen-bond donors (Lipinski definition) is 1. The van der Waals surface area contributed by atoms with E-state index in [0.717, 1.165) is 6.54 Å². The zero-order valence-electron chi connectivity index (χ0n) is 12.2. The summed E-state index contributed by atoms with van der Waals surface area (Å²) in [5.41, 5.74) is 1.26. The molecule has 3 aliphatic carbocycles. The van der Waals surface area contributed by atoms with Crippen LogP contribution in [0.1, 0.15) is 12.0 Å². The van der Waals surface area contributed by atoms with Gasteiger partial charge in [0, 0.05) is 18.4 Å². The fraction of sp³-hybridized carbons (Fsp3) is 0.611. The Morgan fingerprint density at radius 1 is 1.05 bits per heavy atom. The smallest absolute Gasteiger partial charge is 0.310 e. The Morgan fingerprint density at radius 3 is 2.73 bits per heavy atom. The average molecular weight is 297 g/mol. The van der Waals surface area contributed by atoms with E-state index in [1.807, 2.05) is 6.07 Å². The fourth-order valence-corrected chi connectivity index (χ4v) is 6.30. The van der Waals surface area contributed by atoms with Crippen molar-refractivity contribution in [3.05, 3.63) is 35.9 Å². The summed E-state index contributed by atoms with van der Waals surface area (Å²) in [6, 6.07) is 10.4. The van der Waals surface area contributed by atoms with Crippen LogP contribution in [0.4, 0.5) is 0 Å². The van der Waals surface area contributed by atoms with E-state index < -0.39 is 0 Å². The Labute approximate surface area is 129 Å². The molecule has 2 aliphatic heterocycles. The zero-order chi connectivity index (χ0) is 14.4. The van der Waals surface area contributed by atoms with E-state index in [1.54, 1.807) is 0 Å². The summed E-state index contributed by atoms with van der Waals surface area (Å²) in [4.78, 5) is 12.4. The number of esters is 1. The van der Waals surface area contributed by atoms with Crippen molar-refractivity contribution in [3.8, 4) is 0 Å². The molecule has 4 heteroatoms. The maximum Gasteiger partial charge on any atom is 0.310 e. The van der Waals surface area contributed by atoms with Crippen LogP contribution in [0.5, 0.6) is 0 Å².